The molecule has 0 saturated carbocycles. The Labute approximate surface area is 211 Å². The number of hydrogen-bond acceptors (Lipinski definition) is 0. The van der Waals surface area contributed by atoms with Crippen LogP contribution in [0, 0.1) is 0 Å². The first kappa shape index (κ1) is 32.8. The second kappa shape index (κ2) is 22.8. The van der Waals surface area contributed by atoms with Crippen LogP contribution in [-0.2, 0) is 0 Å². The van der Waals surface area contributed by atoms with Crippen LogP contribution in [0.4, 0.5) is 0 Å². The van der Waals surface area contributed by atoms with Crippen LogP contribution in [0.5, 0.6) is 0 Å². The first-order chi connectivity index (χ1) is 16.8. The van der Waals surface area contributed by atoms with Crippen LogP contribution in [0.15, 0.2) is 128 Å². The highest BCUT2D eigenvalue weighted by atomic mass is 14.2. The van der Waals surface area contributed by atoms with Crippen LogP contribution in [0.25, 0.3) is 11.1 Å². The lowest BCUT2D eigenvalue weighted by atomic mass is 9.85. The molecule has 0 fully saturated rings. The minimum atomic E-state index is 1.05. The van der Waals surface area contributed by atoms with E-state index in [0.29, 0.717) is 0 Å². The number of rotatable bonds is 6. The van der Waals surface area contributed by atoms with Gasteiger partial charge < -0.3 is 0 Å². The van der Waals surface area contributed by atoms with Crippen LogP contribution in [0.3, 0.4) is 0 Å². The topological polar surface area (TPSA) is 0 Å². The highest BCUT2D eigenvalue weighted by Gasteiger charge is 2.15. The van der Waals surface area contributed by atoms with Gasteiger partial charge in [0.05, 0.1) is 0 Å². The van der Waals surface area contributed by atoms with Gasteiger partial charge in [-0.2, -0.15) is 0 Å². The Balaban J connectivity index is 0. The predicted octanol–water partition coefficient (Wildman–Crippen LogP) is 11.0. The number of allylic oxidation sites excluding steroid dienone is 5. The summed E-state index contributed by atoms with van der Waals surface area (Å²) in [6.45, 7) is 23.9. The van der Waals surface area contributed by atoms with E-state index >= 15 is 0 Å². The van der Waals surface area contributed by atoms with Crippen molar-refractivity contribution in [2.75, 3.05) is 0 Å². The van der Waals surface area contributed by atoms with Crippen LogP contribution in [0.1, 0.15) is 72.1 Å². The fourth-order valence-corrected chi connectivity index (χ4v) is 3.11. The van der Waals surface area contributed by atoms with Crippen molar-refractivity contribution >= 4 is 11.1 Å². The molecular weight excluding hydrogens is 408 g/mol. The van der Waals surface area contributed by atoms with Crippen molar-refractivity contribution in [2.24, 2.45) is 0 Å². The van der Waals surface area contributed by atoms with E-state index in [2.05, 4.69) is 86.0 Å². The third-order valence-corrected chi connectivity index (χ3v) is 4.24. The fourth-order valence-electron chi connectivity index (χ4n) is 3.11. The summed E-state index contributed by atoms with van der Waals surface area (Å²) < 4.78 is 0. The molecule has 0 aliphatic carbocycles. The van der Waals surface area contributed by atoms with E-state index in [9.17, 15) is 0 Å². The van der Waals surface area contributed by atoms with Gasteiger partial charge in [0.15, 0.2) is 0 Å². The van der Waals surface area contributed by atoms with Crippen molar-refractivity contribution in [3.05, 3.63) is 145 Å². The van der Waals surface area contributed by atoms with E-state index in [1.165, 1.54) is 16.7 Å². The van der Waals surface area contributed by atoms with Crippen LogP contribution < -0.4 is 0 Å². The summed E-state index contributed by atoms with van der Waals surface area (Å²) in [4.78, 5) is 0. The molecule has 0 aliphatic rings. The average molecular weight is 455 g/mol. The molecule has 0 atom stereocenters. The standard InChI is InChI=1S/C26H22.4C2H6/c1-3-14-21(4-2)25(22-15-8-5-9-16-22)26(23-17-10-6-11-18-23)24-19-12-7-13-20-24;4*1-2/h3-20H,1-2H2;4*1-2H3/b21-14+;;;;. The van der Waals surface area contributed by atoms with Gasteiger partial charge in [0.25, 0.3) is 0 Å². The molecule has 3 aromatic carbocycles. The van der Waals surface area contributed by atoms with Gasteiger partial charge in [0, 0.05) is 0 Å². The van der Waals surface area contributed by atoms with E-state index < -0.39 is 0 Å². The Morgan fingerprint density at radius 1 is 0.500 bits per heavy atom. The van der Waals surface area contributed by atoms with E-state index in [-0.39, 0.29) is 0 Å². The summed E-state index contributed by atoms with van der Waals surface area (Å²) in [5.41, 5.74) is 6.89. The molecule has 0 aliphatic heterocycles. The third-order valence-electron chi connectivity index (χ3n) is 4.24. The Morgan fingerprint density at radius 3 is 1.12 bits per heavy atom. The molecule has 0 amide bonds. The molecule has 0 heteroatoms. The van der Waals surface area contributed by atoms with Gasteiger partial charge >= 0.3 is 0 Å². The summed E-state index contributed by atoms with van der Waals surface area (Å²) in [5, 5.41) is 0. The second-order valence-electron chi connectivity index (χ2n) is 5.91. The third kappa shape index (κ3) is 10.5. The molecule has 0 N–H and O–H groups in total. The molecule has 0 aromatic heterocycles. The van der Waals surface area contributed by atoms with Crippen molar-refractivity contribution < 1.29 is 0 Å². The van der Waals surface area contributed by atoms with E-state index in [1.54, 1.807) is 0 Å². The molecule has 0 heterocycles. The molecule has 0 saturated heterocycles. The maximum absolute atomic E-state index is 4.05. The van der Waals surface area contributed by atoms with Gasteiger partial charge in [-0.1, -0.05) is 178 Å². The first-order valence-corrected chi connectivity index (χ1v) is 12.7. The van der Waals surface area contributed by atoms with Gasteiger partial charge in [0.2, 0.25) is 0 Å². The molecular formula is C34H46. The molecule has 34 heavy (non-hydrogen) atoms. The van der Waals surface area contributed by atoms with E-state index in [1.807, 2.05) is 91.8 Å². The molecule has 0 bridgehead atoms. The zero-order valence-corrected chi connectivity index (χ0v) is 22.8. The van der Waals surface area contributed by atoms with Crippen LogP contribution >= 0.6 is 0 Å². The number of benzene rings is 3. The summed E-state index contributed by atoms with van der Waals surface area (Å²) in [5.74, 6) is 0. The van der Waals surface area contributed by atoms with Gasteiger partial charge in [-0.25, -0.2) is 0 Å². The fraction of sp³-hybridized carbons (Fsp3) is 0.235. The minimum absolute atomic E-state index is 1.05. The normalized spacial score (nSPS) is 9.00. The lowest BCUT2D eigenvalue weighted by molar-refractivity contribution is 1.50. The van der Waals surface area contributed by atoms with Gasteiger partial charge in [-0.15, -0.1) is 0 Å². The average Bonchev–Trinajstić information content (AvgIpc) is 2.96. The van der Waals surface area contributed by atoms with Gasteiger partial charge in [0.1, 0.15) is 0 Å². The largest absolute Gasteiger partial charge is 0.0990 e. The highest BCUT2D eigenvalue weighted by molar-refractivity contribution is 6.05. The Hall–Kier alpha value is -3.38. The smallest absolute Gasteiger partial charge is 0.00268 e. The monoisotopic (exact) mass is 454 g/mol. The van der Waals surface area contributed by atoms with Crippen LogP contribution in [0.2, 0.25) is 0 Å². The molecule has 3 aromatic rings. The lowest BCUT2D eigenvalue weighted by Gasteiger charge is -2.18. The summed E-state index contributed by atoms with van der Waals surface area (Å²) in [7, 11) is 0. The Bertz CT molecular complexity index is 886. The van der Waals surface area contributed by atoms with Gasteiger partial charge in [-0.3, -0.25) is 0 Å². The summed E-state index contributed by atoms with van der Waals surface area (Å²) >= 11 is 0. The number of hydrogen-bond donors (Lipinski definition) is 0. The van der Waals surface area contributed by atoms with Crippen molar-refractivity contribution in [3.63, 3.8) is 0 Å². The maximum Gasteiger partial charge on any atom is -0.00268 e. The zero-order valence-electron chi connectivity index (χ0n) is 22.8. The summed E-state index contributed by atoms with van der Waals surface area (Å²) in [6, 6.07) is 31.5. The van der Waals surface area contributed by atoms with Crippen molar-refractivity contribution in [2.45, 2.75) is 55.4 Å². The quantitative estimate of drug-likeness (QED) is 0.256. The first-order valence-electron chi connectivity index (χ1n) is 12.7. The molecule has 182 valence electrons. The van der Waals surface area contributed by atoms with Crippen LogP contribution in [-0.4, -0.2) is 0 Å². The Kier molecular flexibility index (Phi) is 22.0. The minimum Gasteiger partial charge on any atom is -0.0990 e. The summed E-state index contributed by atoms with van der Waals surface area (Å²) in [6.07, 6.45) is 5.73. The highest BCUT2D eigenvalue weighted by Crippen LogP contribution is 2.37. The Morgan fingerprint density at radius 2 is 0.824 bits per heavy atom. The molecule has 3 rings (SSSR count). The maximum atomic E-state index is 4.05. The SMILES string of the molecule is C=C/C=C(\C=C)C(=C(c1ccccc1)c1ccccc1)c1ccccc1.CC.CC.CC.CC. The van der Waals surface area contributed by atoms with Crippen molar-refractivity contribution in [3.8, 4) is 0 Å². The molecule has 0 radical (unpaired) electrons. The van der Waals surface area contributed by atoms with Crippen molar-refractivity contribution in [1.82, 2.24) is 0 Å². The predicted molar refractivity (Wildman–Crippen MR) is 159 cm³/mol. The zero-order chi connectivity index (χ0) is 26.2. The van der Waals surface area contributed by atoms with E-state index in [4.69, 9.17) is 0 Å². The van der Waals surface area contributed by atoms with E-state index in [0.717, 1.165) is 16.7 Å². The van der Waals surface area contributed by atoms with Gasteiger partial charge in [-0.05, 0) is 33.4 Å². The molecule has 0 nitrogen and oxygen atoms in total. The molecule has 0 spiro atoms. The van der Waals surface area contributed by atoms with Crippen molar-refractivity contribution in [1.29, 1.82) is 0 Å². The second-order valence-corrected chi connectivity index (χ2v) is 5.91. The molecule has 0 unspecified atom stereocenters. The lowest BCUT2D eigenvalue weighted by Crippen LogP contribution is -1.97.